The molecular weight excluding hydrogens is 223 g/mol. The maximum Gasteiger partial charge on any atom is 0.123 e. The molecule has 0 aliphatic carbocycles. The molecule has 1 aromatic carbocycles. The molecule has 90 valence electrons. The largest absolute Gasteiger partial charge is 0.389 e. The van der Waals surface area contributed by atoms with Gasteiger partial charge in [-0.1, -0.05) is 19.8 Å². The van der Waals surface area contributed by atoms with Gasteiger partial charge in [0.25, 0.3) is 0 Å². The molecule has 0 aliphatic rings. The molecule has 0 saturated heterocycles. The number of unbranched alkanes of at least 4 members (excludes halogenated alkanes) is 2. The van der Waals surface area contributed by atoms with E-state index in [1.54, 1.807) is 24.8 Å². The van der Waals surface area contributed by atoms with Crippen LogP contribution >= 0.6 is 11.8 Å². The van der Waals surface area contributed by atoms with Crippen molar-refractivity contribution >= 4 is 11.8 Å². The summed E-state index contributed by atoms with van der Waals surface area (Å²) in [5.41, 5.74) is 0.696. The number of halogens is 1. The van der Waals surface area contributed by atoms with Crippen molar-refractivity contribution < 1.29 is 9.50 Å². The van der Waals surface area contributed by atoms with Crippen LogP contribution in [0.1, 0.15) is 44.8 Å². The smallest absolute Gasteiger partial charge is 0.123 e. The van der Waals surface area contributed by atoms with Crippen LogP contribution in [0, 0.1) is 5.82 Å². The second-order valence-electron chi connectivity index (χ2n) is 3.91. The molecule has 0 spiro atoms. The van der Waals surface area contributed by atoms with E-state index < -0.39 is 6.10 Å². The molecule has 16 heavy (non-hydrogen) atoms. The zero-order chi connectivity index (χ0) is 12.0. The summed E-state index contributed by atoms with van der Waals surface area (Å²) in [7, 11) is 0. The standard InChI is InChI=1S/C13H19FOS/c1-3-4-5-8-16-13-7-6-11(14)9-12(13)10(2)15/h6-7,9-10,15H,3-5,8H2,1-2H3. The minimum atomic E-state index is -0.607. The molecule has 0 aliphatic heterocycles. The van der Waals surface area contributed by atoms with Crippen LogP contribution in [0.25, 0.3) is 0 Å². The zero-order valence-electron chi connectivity index (χ0n) is 9.87. The maximum atomic E-state index is 13.0. The second kappa shape index (κ2) is 6.92. The minimum Gasteiger partial charge on any atom is -0.389 e. The Kier molecular flexibility index (Phi) is 5.85. The van der Waals surface area contributed by atoms with Crippen LogP contribution in [-0.2, 0) is 0 Å². The second-order valence-corrected chi connectivity index (χ2v) is 5.05. The van der Waals surface area contributed by atoms with E-state index in [4.69, 9.17) is 0 Å². The Bertz CT molecular complexity index is 326. The molecule has 1 rings (SSSR count). The fourth-order valence-corrected chi connectivity index (χ4v) is 2.64. The molecular formula is C13H19FOS. The van der Waals surface area contributed by atoms with Crippen molar-refractivity contribution in [2.45, 2.75) is 44.1 Å². The van der Waals surface area contributed by atoms with Crippen LogP contribution in [-0.4, -0.2) is 10.9 Å². The Morgan fingerprint density at radius 3 is 2.75 bits per heavy atom. The highest BCUT2D eigenvalue weighted by Gasteiger charge is 2.09. The van der Waals surface area contributed by atoms with E-state index in [0.29, 0.717) is 5.56 Å². The minimum absolute atomic E-state index is 0.284. The molecule has 0 aromatic heterocycles. The molecule has 3 heteroatoms. The summed E-state index contributed by atoms with van der Waals surface area (Å²) in [6.45, 7) is 3.84. The highest BCUT2D eigenvalue weighted by Crippen LogP contribution is 2.29. The highest BCUT2D eigenvalue weighted by atomic mass is 32.2. The maximum absolute atomic E-state index is 13.0. The van der Waals surface area contributed by atoms with E-state index in [1.807, 2.05) is 0 Å². The number of aliphatic hydroxyl groups is 1. The Balaban J connectivity index is 2.64. The van der Waals surface area contributed by atoms with Crippen molar-refractivity contribution in [2.24, 2.45) is 0 Å². The molecule has 0 saturated carbocycles. The number of rotatable bonds is 6. The molecule has 1 N–H and O–H groups in total. The van der Waals surface area contributed by atoms with Crippen molar-refractivity contribution in [3.8, 4) is 0 Å². The van der Waals surface area contributed by atoms with E-state index in [0.717, 1.165) is 17.1 Å². The Labute approximate surface area is 101 Å². The summed E-state index contributed by atoms with van der Waals surface area (Å²) >= 11 is 1.70. The molecule has 1 nitrogen and oxygen atoms in total. The van der Waals surface area contributed by atoms with Gasteiger partial charge in [0.2, 0.25) is 0 Å². The predicted molar refractivity (Wildman–Crippen MR) is 67.3 cm³/mol. The van der Waals surface area contributed by atoms with Crippen molar-refractivity contribution in [2.75, 3.05) is 5.75 Å². The van der Waals surface area contributed by atoms with Crippen LogP contribution in [0.4, 0.5) is 4.39 Å². The Hall–Kier alpha value is -0.540. The normalized spacial score (nSPS) is 12.8. The lowest BCUT2D eigenvalue weighted by atomic mass is 10.1. The first-order valence-corrected chi connectivity index (χ1v) is 6.74. The lowest BCUT2D eigenvalue weighted by Gasteiger charge is -2.11. The monoisotopic (exact) mass is 242 g/mol. The van der Waals surface area contributed by atoms with E-state index in [1.165, 1.54) is 25.0 Å². The Morgan fingerprint density at radius 1 is 1.38 bits per heavy atom. The fraction of sp³-hybridized carbons (Fsp3) is 0.538. The van der Waals surface area contributed by atoms with Gasteiger partial charge in [0.1, 0.15) is 5.82 Å². The number of aliphatic hydroxyl groups excluding tert-OH is 1. The summed E-state index contributed by atoms with van der Waals surface area (Å²) in [5.74, 6) is 0.743. The molecule has 1 unspecified atom stereocenters. The number of thioether (sulfide) groups is 1. The van der Waals surface area contributed by atoms with Gasteiger partial charge in [-0.05, 0) is 42.9 Å². The summed E-state index contributed by atoms with van der Waals surface area (Å²) in [6, 6.07) is 4.63. The van der Waals surface area contributed by atoms with Crippen molar-refractivity contribution in [1.82, 2.24) is 0 Å². The fourth-order valence-electron chi connectivity index (χ4n) is 1.51. The highest BCUT2D eigenvalue weighted by molar-refractivity contribution is 7.99. The molecule has 0 radical (unpaired) electrons. The molecule has 1 atom stereocenters. The van der Waals surface area contributed by atoms with E-state index in [-0.39, 0.29) is 5.82 Å². The van der Waals surface area contributed by atoms with Gasteiger partial charge in [-0.25, -0.2) is 4.39 Å². The van der Waals surface area contributed by atoms with E-state index in [2.05, 4.69) is 6.92 Å². The van der Waals surface area contributed by atoms with Crippen molar-refractivity contribution in [3.63, 3.8) is 0 Å². The van der Waals surface area contributed by atoms with Crippen LogP contribution in [0.3, 0.4) is 0 Å². The average Bonchev–Trinajstić information content (AvgIpc) is 2.26. The van der Waals surface area contributed by atoms with Crippen LogP contribution < -0.4 is 0 Å². The SMILES string of the molecule is CCCCCSc1ccc(F)cc1C(C)O. The summed E-state index contributed by atoms with van der Waals surface area (Å²) < 4.78 is 13.0. The lowest BCUT2D eigenvalue weighted by molar-refractivity contribution is 0.196. The van der Waals surface area contributed by atoms with Crippen molar-refractivity contribution in [3.05, 3.63) is 29.6 Å². The van der Waals surface area contributed by atoms with Gasteiger partial charge in [0.05, 0.1) is 6.10 Å². The van der Waals surface area contributed by atoms with Crippen LogP contribution in [0.5, 0.6) is 0 Å². The molecule has 0 bridgehead atoms. The third kappa shape index (κ3) is 4.14. The van der Waals surface area contributed by atoms with Gasteiger partial charge in [-0.3, -0.25) is 0 Å². The number of hydrogen-bond donors (Lipinski definition) is 1. The first-order chi connectivity index (χ1) is 7.65. The Morgan fingerprint density at radius 2 is 2.12 bits per heavy atom. The molecule has 0 amide bonds. The van der Waals surface area contributed by atoms with Gasteiger partial charge in [0.15, 0.2) is 0 Å². The zero-order valence-corrected chi connectivity index (χ0v) is 10.7. The van der Waals surface area contributed by atoms with Crippen molar-refractivity contribution in [1.29, 1.82) is 0 Å². The molecule has 1 aromatic rings. The quantitative estimate of drug-likeness (QED) is 0.597. The van der Waals surface area contributed by atoms with Gasteiger partial charge in [0, 0.05) is 4.90 Å². The summed E-state index contributed by atoms with van der Waals surface area (Å²) in [6.07, 6.45) is 2.98. The summed E-state index contributed by atoms with van der Waals surface area (Å²) in [5, 5.41) is 9.55. The van der Waals surface area contributed by atoms with Crippen LogP contribution in [0.2, 0.25) is 0 Å². The molecule has 0 fully saturated rings. The van der Waals surface area contributed by atoms with Gasteiger partial charge in [-0.15, -0.1) is 11.8 Å². The average molecular weight is 242 g/mol. The number of benzene rings is 1. The van der Waals surface area contributed by atoms with Gasteiger partial charge >= 0.3 is 0 Å². The van der Waals surface area contributed by atoms with E-state index >= 15 is 0 Å². The third-order valence-electron chi connectivity index (χ3n) is 2.43. The predicted octanol–water partition coefficient (Wildman–Crippen LogP) is 4.16. The first kappa shape index (κ1) is 13.5. The lowest BCUT2D eigenvalue weighted by Crippen LogP contribution is -1.96. The first-order valence-electron chi connectivity index (χ1n) is 5.75. The topological polar surface area (TPSA) is 20.2 Å². The number of hydrogen-bond acceptors (Lipinski definition) is 2. The summed E-state index contributed by atoms with van der Waals surface area (Å²) in [4.78, 5) is 0.993. The van der Waals surface area contributed by atoms with Crippen LogP contribution in [0.15, 0.2) is 23.1 Å². The third-order valence-corrected chi connectivity index (χ3v) is 3.60. The molecule has 0 heterocycles. The van der Waals surface area contributed by atoms with Gasteiger partial charge in [-0.2, -0.15) is 0 Å². The van der Waals surface area contributed by atoms with Gasteiger partial charge < -0.3 is 5.11 Å². The van der Waals surface area contributed by atoms with E-state index in [9.17, 15) is 9.50 Å².